The molecule has 2 saturated heterocycles. The lowest BCUT2D eigenvalue weighted by Gasteiger charge is -2.59. The van der Waals surface area contributed by atoms with Crippen LogP contribution in [0.2, 0.25) is 0 Å². The van der Waals surface area contributed by atoms with E-state index >= 15 is 0 Å². The highest BCUT2D eigenvalue weighted by Gasteiger charge is 2.74. The first-order valence-corrected chi connectivity index (χ1v) is 8.18. The van der Waals surface area contributed by atoms with Gasteiger partial charge in [0.05, 0.1) is 17.7 Å². The topological polar surface area (TPSA) is 60.8 Å². The van der Waals surface area contributed by atoms with E-state index in [0.717, 1.165) is 38.8 Å². The van der Waals surface area contributed by atoms with Gasteiger partial charge in [-0.2, -0.15) is 0 Å². The first-order valence-electron chi connectivity index (χ1n) is 8.18. The van der Waals surface area contributed by atoms with E-state index in [4.69, 9.17) is 0 Å². The molecule has 2 heterocycles. The second kappa shape index (κ2) is 4.05. The van der Waals surface area contributed by atoms with Gasteiger partial charge in [0.2, 0.25) is 0 Å². The minimum Gasteiger partial charge on any atom is -0.393 e. The lowest BCUT2D eigenvalue weighted by Crippen LogP contribution is -2.69. The van der Waals surface area contributed by atoms with Crippen LogP contribution in [-0.4, -0.2) is 51.7 Å². The molecule has 2 aliphatic carbocycles. The molecule has 4 aliphatic rings. The van der Waals surface area contributed by atoms with E-state index in [1.807, 2.05) is 6.92 Å². The maximum Gasteiger partial charge on any atom is 0.154 e. The molecule has 0 aromatic rings. The number of hydrogen-bond donors (Lipinski definition) is 2. The maximum atomic E-state index is 12.9. The van der Waals surface area contributed by atoms with Gasteiger partial charge in [-0.05, 0) is 51.1 Å². The molecule has 2 N–H and O–H groups in total. The number of rotatable bonds is 0. The van der Waals surface area contributed by atoms with Gasteiger partial charge < -0.3 is 10.2 Å². The number of carbonyl (C=O) groups excluding carboxylic acids is 1. The summed E-state index contributed by atoms with van der Waals surface area (Å²) >= 11 is 0. The van der Waals surface area contributed by atoms with Gasteiger partial charge in [-0.15, -0.1) is 0 Å². The molecule has 0 unspecified atom stereocenters. The minimum absolute atomic E-state index is 0.0327. The number of Topliss-reactive ketones (excluding diaryl/α,β-unsaturated/α-hetero) is 1. The standard InChI is InChI=1S/C16H25NO3/c1-10-8-12(18)15-4-2-6-17-7-3-5-16(15,17)13(19)9-11(15)14(10)20/h10-12,14,18,20H,2-9H2,1H3/t10-,11+,12-,14-,15-,16-/m0/s1. The van der Waals surface area contributed by atoms with Crippen molar-refractivity contribution in [3.8, 4) is 0 Å². The Labute approximate surface area is 120 Å². The second-order valence-electron chi connectivity index (χ2n) is 7.55. The molecule has 0 radical (unpaired) electrons. The van der Waals surface area contributed by atoms with E-state index in [1.165, 1.54) is 0 Å². The summed E-state index contributed by atoms with van der Waals surface area (Å²) in [4.78, 5) is 15.3. The molecule has 20 heavy (non-hydrogen) atoms. The molecule has 2 aliphatic heterocycles. The van der Waals surface area contributed by atoms with Crippen LogP contribution in [0.4, 0.5) is 0 Å². The summed E-state index contributed by atoms with van der Waals surface area (Å²) in [5.41, 5.74) is -0.818. The number of aliphatic hydroxyl groups excluding tert-OH is 2. The Hall–Kier alpha value is -0.450. The van der Waals surface area contributed by atoms with Crippen LogP contribution in [0.15, 0.2) is 0 Å². The molecular formula is C16H25NO3. The van der Waals surface area contributed by atoms with Gasteiger partial charge in [0.25, 0.3) is 0 Å². The van der Waals surface area contributed by atoms with Crippen molar-refractivity contribution in [2.24, 2.45) is 17.3 Å². The fourth-order valence-electron chi connectivity index (χ4n) is 6.31. The van der Waals surface area contributed by atoms with Crippen molar-refractivity contribution in [2.45, 2.75) is 63.2 Å². The van der Waals surface area contributed by atoms with Crippen LogP contribution in [0, 0.1) is 17.3 Å². The Kier molecular flexibility index (Phi) is 2.68. The molecule has 0 aromatic carbocycles. The molecule has 4 fully saturated rings. The summed E-state index contributed by atoms with van der Waals surface area (Å²) in [5.74, 6) is 0.363. The summed E-state index contributed by atoms with van der Waals surface area (Å²) in [6.45, 7) is 3.97. The number of carbonyl (C=O) groups is 1. The van der Waals surface area contributed by atoms with Crippen molar-refractivity contribution >= 4 is 5.78 Å². The molecule has 0 amide bonds. The van der Waals surface area contributed by atoms with E-state index in [9.17, 15) is 15.0 Å². The van der Waals surface area contributed by atoms with Crippen LogP contribution >= 0.6 is 0 Å². The van der Waals surface area contributed by atoms with Crippen molar-refractivity contribution in [1.29, 1.82) is 0 Å². The largest absolute Gasteiger partial charge is 0.393 e. The number of ketones is 1. The number of hydrogen-bond acceptors (Lipinski definition) is 4. The molecule has 4 heteroatoms. The average Bonchev–Trinajstić information content (AvgIpc) is 2.96. The normalized spacial score (nSPS) is 55.5. The maximum absolute atomic E-state index is 12.9. The Morgan fingerprint density at radius 3 is 2.65 bits per heavy atom. The zero-order valence-electron chi connectivity index (χ0n) is 12.2. The third-order valence-corrected chi connectivity index (χ3v) is 7.01. The highest BCUT2D eigenvalue weighted by Crippen LogP contribution is 2.65. The molecular weight excluding hydrogens is 254 g/mol. The Balaban J connectivity index is 1.88. The Bertz CT molecular complexity index is 453. The van der Waals surface area contributed by atoms with Crippen LogP contribution in [0.3, 0.4) is 0 Å². The zero-order valence-corrected chi connectivity index (χ0v) is 12.2. The van der Waals surface area contributed by atoms with Gasteiger partial charge in [0.1, 0.15) is 0 Å². The van der Waals surface area contributed by atoms with Crippen molar-refractivity contribution in [2.75, 3.05) is 13.1 Å². The molecule has 2 saturated carbocycles. The summed E-state index contributed by atoms with van der Waals surface area (Å²) in [7, 11) is 0. The summed E-state index contributed by atoms with van der Waals surface area (Å²) in [5, 5.41) is 21.6. The predicted octanol–water partition coefficient (Wildman–Crippen LogP) is 0.952. The average molecular weight is 279 g/mol. The molecule has 4 rings (SSSR count). The molecule has 6 atom stereocenters. The van der Waals surface area contributed by atoms with Gasteiger partial charge in [-0.3, -0.25) is 9.69 Å². The van der Waals surface area contributed by atoms with E-state index in [0.29, 0.717) is 18.6 Å². The smallest absolute Gasteiger partial charge is 0.154 e. The van der Waals surface area contributed by atoms with Crippen LogP contribution in [0.1, 0.15) is 45.4 Å². The van der Waals surface area contributed by atoms with Gasteiger partial charge >= 0.3 is 0 Å². The Morgan fingerprint density at radius 1 is 1.20 bits per heavy atom. The first kappa shape index (κ1) is 13.2. The Morgan fingerprint density at radius 2 is 1.90 bits per heavy atom. The van der Waals surface area contributed by atoms with E-state index in [1.54, 1.807) is 0 Å². The SMILES string of the molecule is C[C@H]1C[C@H](O)[C@@]23CCCN4CCC[C@@]42C(=O)C[C@@H]3[C@H]1O. The highest BCUT2D eigenvalue weighted by molar-refractivity contribution is 5.93. The minimum atomic E-state index is -0.448. The quantitative estimate of drug-likeness (QED) is 0.693. The van der Waals surface area contributed by atoms with Crippen molar-refractivity contribution in [3.63, 3.8) is 0 Å². The van der Waals surface area contributed by atoms with Gasteiger partial charge in [0.15, 0.2) is 5.78 Å². The predicted molar refractivity (Wildman–Crippen MR) is 74.1 cm³/mol. The fourth-order valence-corrected chi connectivity index (χ4v) is 6.31. The molecule has 112 valence electrons. The van der Waals surface area contributed by atoms with Crippen molar-refractivity contribution in [3.05, 3.63) is 0 Å². The molecule has 0 aromatic heterocycles. The van der Waals surface area contributed by atoms with Crippen LogP contribution in [-0.2, 0) is 4.79 Å². The number of aliphatic hydroxyl groups is 2. The van der Waals surface area contributed by atoms with E-state index in [-0.39, 0.29) is 17.3 Å². The van der Waals surface area contributed by atoms with E-state index in [2.05, 4.69) is 4.90 Å². The molecule has 4 nitrogen and oxygen atoms in total. The molecule has 2 spiro atoms. The van der Waals surface area contributed by atoms with Gasteiger partial charge in [0, 0.05) is 17.8 Å². The lowest BCUT2D eigenvalue weighted by molar-refractivity contribution is -0.186. The third kappa shape index (κ3) is 1.23. The first-order chi connectivity index (χ1) is 9.54. The molecule has 0 bridgehead atoms. The number of piperidine rings is 1. The summed E-state index contributed by atoms with van der Waals surface area (Å²) < 4.78 is 0. The fraction of sp³-hybridized carbons (Fsp3) is 0.938. The van der Waals surface area contributed by atoms with Crippen molar-refractivity contribution in [1.82, 2.24) is 4.90 Å². The zero-order chi connectivity index (χ0) is 14.1. The van der Waals surface area contributed by atoms with Crippen LogP contribution < -0.4 is 0 Å². The third-order valence-electron chi connectivity index (χ3n) is 7.01. The summed E-state index contributed by atoms with van der Waals surface area (Å²) in [6, 6.07) is 0. The number of nitrogens with zero attached hydrogens (tertiary/aromatic N) is 1. The lowest BCUT2D eigenvalue weighted by atomic mass is 9.52. The monoisotopic (exact) mass is 279 g/mol. The van der Waals surface area contributed by atoms with Gasteiger partial charge in [-0.25, -0.2) is 0 Å². The van der Waals surface area contributed by atoms with Gasteiger partial charge in [-0.1, -0.05) is 6.92 Å². The second-order valence-corrected chi connectivity index (χ2v) is 7.55. The van der Waals surface area contributed by atoms with E-state index < -0.39 is 17.7 Å². The van der Waals surface area contributed by atoms with Crippen LogP contribution in [0.25, 0.3) is 0 Å². The van der Waals surface area contributed by atoms with Crippen LogP contribution in [0.5, 0.6) is 0 Å². The summed E-state index contributed by atoms with van der Waals surface area (Å²) in [6.07, 6.45) is 4.15. The van der Waals surface area contributed by atoms with Crippen molar-refractivity contribution < 1.29 is 15.0 Å². The highest BCUT2D eigenvalue weighted by atomic mass is 16.3.